The van der Waals surface area contributed by atoms with E-state index in [1.165, 1.54) is 6.07 Å². The van der Waals surface area contributed by atoms with Crippen LogP contribution < -0.4 is 10.6 Å². The highest BCUT2D eigenvalue weighted by Gasteiger charge is 2.25. The van der Waals surface area contributed by atoms with Crippen LogP contribution in [-0.4, -0.2) is 52.9 Å². The topological polar surface area (TPSA) is 77.6 Å². The number of nitrogens with zero attached hydrogens (tertiary/aromatic N) is 3. The summed E-state index contributed by atoms with van der Waals surface area (Å²) >= 11 is 0. The monoisotopic (exact) mass is 399 g/mol. The number of carbonyl (C=O) groups excluding carboxylic acids is 2. The first-order valence-electron chi connectivity index (χ1n) is 9.64. The molecule has 1 atom stereocenters. The van der Waals surface area contributed by atoms with Crippen molar-refractivity contribution in [3.63, 3.8) is 0 Å². The number of aryl methyl sites for hydroxylation is 1. The average molecular weight is 399 g/mol. The van der Waals surface area contributed by atoms with Crippen molar-refractivity contribution >= 4 is 23.3 Å². The number of benzene rings is 1. The minimum Gasteiger partial charge on any atom is -0.340 e. The second-order valence-corrected chi connectivity index (χ2v) is 7.19. The third kappa shape index (κ3) is 5.08. The summed E-state index contributed by atoms with van der Waals surface area (Å²) in [5.41, 5.74) is 2.00. The molecule has 0 spiro atoms. The largest absolute Gasteiger partial charge is 0.340 e. The summed E-state index contributed by atoms with van der Waals surface area (Å²) in [6, 6.07) is 7.80. The molecule has 0 bridgehead atoms. The predicted molar refractivity (Wildman–Crippen MR) is 110 cm³/mol. The van der Waals surface area contributed by atoms with Gasteiger partial charge in [-0.15, -0.1) is 0 Å². The van der Waals surface area contributed by atoms with E-state index in [4.69, 9.17) is 0 Å². The number of aromatic nitrogens is 1. The van der Waals surface area contributed by atoms with E-state index in [0.29, 0.717) is 37.4 Å². The SMILES string of the molecule is CC(=O)N1CCN([C@H](C)c2cccc(NC(=O)Nc3ccc(C)nc3)c2F)CC1. The Bertz CT molecular complexity index is 879. The molecule has 154 valence electrons. The summed E-state index contributed by atoms with van der Waals surface area (Å²) in [4.78, 5) is 31.8. The summed E-state index contributed by atoms with van der Waals surface area (Å²) in [7, 11) is 0. The first kappa shape index (κ1) is 20.7. The van der Waals surface area contributed by atoms with Gasteiger partial charge in [0.15, 0.2) is 5.82 Å². The van der Waals surface area contributed by atoms with Gasteiger partial charge < -0.3 is 15.5 Å². The number of hydrogen-bond donors (Lipinski definition) is 2. The zero-order valence-electron chi connectivity index (χ0n) is 16.9. The van der Waals surface area contributed by atoms with Crippen LogP contribution in [0, 0.1) is 12.7 Å². The molecule has 7 nitrogen and oxygen atoms in total. The van der Waals surface area contributed by atoms with Crippen LogP contribution in [0.25, 0.3) is 0 Å². The van der Waals surface area contributed by atoms with Crippen molar-refractivity contribution in [2.24, 2.45) is 0 Å². The van der Waals surface area contributed by atoms with Gasteiger partial charge in [-0.25, -0.2) is 9.18 Å². The Balaban J connectivity index is 1.66. The van der Waals surface area contributed by atoms with Crippen LogP contribution in [0.5, 0.6) is 0 Å². The van der Waals surface area contributed by atoms with Crippen LogP contribution in [0.1, 0.15) is 31.1 Å². The fraction of sp³-hybridized carbons (Fsp3) is 0.381. The Morgan fingerprint density at radius 3 is 2.45 bits per heavy atom. The Labute approximate surface area is 169 Å². The summed E-state index contributed by atoms with van der Waals surface area (Å²) in [5, 5.41) is 5.21. The maximum atomic E-state index is 15.1. The second kappa shape index (κ2) is 9.00. The first-order valence-corrected chi connectivity index (χ1v) is 9.64. The Kier molecular flexibility index (Phi) is 6.43. The number of hydrogen-bond acceptors (Lipinski definition) is 4. The normalized spacial score (nSPS) is 15.7. The molecule has 1 aromatic heterocycles. The minimum absolute atomic E-state index is 0.0597. The van der Waals surface area contributed by atoms with E-state index >= 15 is 4.39 Å². The fourth-order valence-electron chi connectivity index (χ4n) is 3.42. The van der Waals surface area contributed by atoms with Crippen LogP contribution in [0.2, 0.25) is 0 Å². The highest BCUT2D eigenvalue weighted by Crippen LogP contribution is 2.28. The zero-order valence-corrected chi connectivity index (χ0v) is 16.9. The molecular weight excluding hydrogens is 373 g/mol. The fourth-order valence-corrected chi connectivity index (χ4v) is 3.42. The molecule has 0 radical (unpaired) electrons. The van der Waals surface area contributed by atoms with Crippen molar-refractivity contribution < 1.29 is 14.0 Å². The molecule has 0 aliphatic carbocycles. The van der Waals surface area contributed by atoms with Gasteiger partial charge in [-0.1, -0.05) is 12.1 Å². The van der Waals surface area contributed by atoms with Crippen molar-refractivity contribution in [1.29, 1.82) is 0 Å². The molecule has 1 fully saturated rings. The molecule has 8 heteroatoms. The smallest absolute Gasteiger partial charge is 0.323 e. The van der Waals surface area contributed by atoms with Crippen molar-refractivity contribution in [2.45, 2.75) is 26.8 Å². The van der Waals surface area contributed by atoms with Gasteiger partial charge >= 0.3 is 6.03 Å². The average Bonchev–Trinajstić information content (AvgIpc) is 2.71. The van der Waals surface area contributed by atoms with Gasteiger partial charge in [-0.2, -0.15) is 0 Å². The van der Waals surface area contributed by atoms with Crippen LogP contribution in [0.3, 0.4) is 0 Å². The summed E-state index contributed by atoms with van der Waals surface area (Å²) < 4.78 is 15.1. The third-order valence-electron chi connectivity index (χ3n) is 5.20. The van der Waals surface area contributed by atoms with E-state index in [9.17, 15) is 9.59 Å². The molecule has 3 amide bonds. The molecular formula is C21H26FN5O2. The Morgan fingerprint density at radius 2 is 1.83 bits per heavy atom. The lowest BCUT2D eigenvalue weighted by Crippen LogP contribution is -2.48. The number of halogens is 1. The number of nitrogens with one attached hydrogen (secondary N) is 2. The number of carbonyl (C=O) groups is 2. The van der Waals surface area contributed by atoms with Crippen LogP contribution in [0.4, 0.5) is 20.6 Å². The number of anilines is 2. The second-order valence-electron chi connectivity index (χ2n) is 7.19. The molecule has 0 saturated carbocycles. The van der Waals surface area contributed by atoms with Crippen LogP contribution in [-0.2, 0) is 4.79 Å². The lowest BCUT2D eigenvalue weighted by atomic mass is 10.0. The molecule has 3 rings (SSSR count). The lowest BCUT2D eigenvalue weighted by molar-refractivity contribution is -0.130. The molecule has 1 aliphatic rings. The first-order chi connectivity index (χ1) is 13.8. The number of amides is 3. The van der Waals surface area contributed by atoms with E-state index in [-0.39, 0.29) is 17.6 Å². The number of pyridine rings is 1. The van der Waals surface area contributed by atoms with E-state index in [1.807, 2.05) is 13.8 Å². The number of rotatable bonds is 4. The Hall–Kier alpha value is -3.00. The van der Waals surface area contributed by atoms with Crippen molar-refractivity contribution in [1.82, 2.24) is 14.8 Å². The van der Waals surface area contributed by atoms with Crippen LogP contribution >= 0.6 is 0 Å². The van der Waals surface area contributed by atoms with Crippen molar-refractivity contribution in [3.05, 3.63) is 53.6 Å². The molecule has 2 aromatic rings. The quantitative estimate of drug-likeness (QED) is 0.826. The standard InChI is InChI=1S/C21H26FN5O2/c1-14-7-8-17(13-23-14)24-21(29)25-19-6-4-5-18(20(19)22)15(2)26-9-11-27(12-10-26)16(3)28/h4-8,13,15H,9-12H2,1-3H3,(H2,24,25,29)/t15-/m1/s1. The molecule has 0 unspecified atom stereocenters. The van der Waals surface area contributed by atoms with Gasteiger partial charge in [0, 0.05) is 50.4 Å². The van der Waals surface area contributed by atoms with E-state index in [2.05, 4.69) is 20.5 Å². The van der Waals surface area contributed by atoms with E-state index in [1.54, 1.807) is 42.3 Å². The van der Waals surface area contributed by atoms with Gasteiger partial charge in [-0.05, 0) is 32.0 Å². The summed E-state index contributed by atoms with van der Waals surface area (Å²) in [6.07, 6.45) is 1.55. The molecule has 2 heterocycles. The van der Waals surface area contributed by atoms with E-state index in [0.717, 1.165) is 5.69 Å². The van der Waals surface area contributed by atoms with Gasteiger partial charge in [0.2, 0.25) is 5.91 Å². The molecule has 1 aromatic carbocycles. The highest BCUT2D eigenvalue weighted by molar-refractivity contribution is 5.99. The van der Waals surface area contributed by atoms with Gasteiger partial charge in [-0.3, -0.25) is 14.7 Å². The number of urea groups is 1. The van der Waals surface area contributed by atoms with Gasteiger partial charge in [0.25, 0.3) is 0 Å². The van der Waals surface area contributed by atoms with Crippen molar-refractivity contribution in [2.75, 3.05) is 36.8 Å². The highest BCUT2D eigenvalue weighted by atomic mass is 19.1. The molecule has 1 aliphatic heterocycles. The zero-order chi connectivity index (χ0) is 21.0. The summed E-state index contributed by atoms with van der Waals surface area (Å²) in [5.74, 6) is -0.393. The molecule has 2 N–H and O–H groups in total. The maximum Gasteiger partial charge on any atom is 0.323 e. The number of piperazine rings is 1. The minimum atomic E-state index is -0.533. The summed E-state index contributed by atoms with van der Waals surface area (Å²) in [6.45, 7) is 7.97. The van der Waals surface area contributed by atoms with Crippen LogP contribution in [0.15, 0.2) is 36.5 Å². The molecule has 29 heavy (non-hydrogen) atoms. The molecule has 1 saturated heterocycles. The lowest BCUT2D eigenvalue weighted by Gasteiger charge is -2.38. The van der Waals surface area contributed by atoms with Crippen molar-refractivity contribution in [3.8, 4) is 0 Å². The van der Waals surface area contributed by atoms with Gasteiger partial charge in [0.1, 0.15) is 0 Å². The maximum absolute atomic E-state index is 15.1. The van der Waals surface area contributed by atoms with E-state index < -0.39 is 11.8 Å². The Morgan fingerprint density at radius 1 is 1.10 bits per heavy atom. The predicted octanol–water partition coefficient (Wildman–Crippen LogP) is 3.40. The third-order valence-corrected chi connectivity index (χ3v) is 5.20. The van der Waals surface area contributed by atoms with Gasteiger partial charge in [0.05, 0.1) is 17.6 Å².